The molecule has 0 saturated carbocycles. The Kier molecular flexibility index (Phi) is 5.89. The first-order chi connectivity index (χ1) is 15.6. The number of furan rings is 1. The molecule has 0 N–H and O–H groups in total. The molecule has 0 bridgehead atoms. The van der Waals surface area contributed by atoms with Gasteiger partial charge >= 0.3 is 189 Å². The molecule has 0 atom stereocenters. The van der Waals surface area contributed by atoms with Crippen LogP contribution in [0.3, 0.4) is 0 Å². The number of fused-ring (bicyclic) bond motifs is 1. The van der Waals surface area contributed by atoms with Crippen LogP contribution in [0.4, 0.5) is 0 Å². The van der Waals surface area contributed by atoms with E-state index in [0.29, 0.717) is 5.56 Å². The summed E-state index contributed by atoms with van der Waals surface area (Å²) in [6.07, 6.45) is 0. The summed E-state index contributed by atoms with van der Waals surface area (Å²) in [7, 11) is 0. The van der Waals surface area contributed by atoms with E-state index in [2.05, 4.69) is 111 Å². The predicted molar refractivity (Wildman–Crippen MR) is 144 cm³/mol. The molecule has 0 aliphatic rings. The maximum absolute atomic E-state index is 9.47. The SMILES string of the molecule is Cc1c(P(C)(c2ccccc2)(c2ccccc2)c2ccccc2)oc2ccc(C#N)cc12.Cl. The first-order valence-corrected chi connectivity index (χ1v) is 13.4. The van der Waals surface area contributed by atoms with Crippen LogP contribution >= 0.6 is 19.0 Å². The second-order valence-electron chi connectivity index (χ2n) is 8.43. The summed E-state index contributed by atoms with van der Waals surface area (Å²) in [5.74, 6) is 0. The Labute approximate surface area is 200 Å². The van der Waals surface area contributed by atoms with Crippen molar-refractivity contribution in [2.45, 2.75) is 6.92 Å². The van der Waals surface area contributed by atoms with Crippen LogP contribution in [0.5, 0.6) is 0 Å². The maximum Gasteiger partial charge on any atom is -0.147 e. The van der Waals surface area contributed by atoms with Gasteiger partial charge in [-0.25, -0.2) is 0 Å². The first kappa shape index (κ1) is 22.8. The number of nitriles is 1. The van der Waals surface area contributed by atoms with Crippen LogP contribution in [0, 0.1) is 18.3 Å². The molecule has 0 amide bonds. The fraction of sp³-hybridized carbons (Fsp3) is 0.0690. The Morgan fingerprint density at radius 3 is 1.58 bits per heavy atom. The van der Waals surface area contributed by atoms with E-state index in [-0.39, 0.29) is 12.4 Å². The molecule has 2 nitrogen and oxygen atoms in total. The van der Waals surface area contributed by atoms with Crippen molar-refractivity contribution >= 4 is 51.4 Å². The van der Waals surface area contributed by atoms with E-state index in [1.54, 1.807) is 0 Å². The zero-order chi connectivity index (χ0) is 22.2. The third-order valence-corrected chi connectivity index (χ3v) is 13.0. The second kappa shape index (κ2) is 8.53. The minimum Gasteiger partial charge on any atom is -0.147 e. The van der Waals surface area contributed by atoms with Crippen molar-refractivity contribution in [1.82, 2.24) is 0 Å². The van der Waals surface area contributed by atoms with Gasteiger partial charge in [-0.2, -0.15) is 0 Å². The third kappa shape index (κ3) is 3.20. The van der Waals surface area contributed by atoms with Crippen LogP contribution in [-0.4, -0.2) is 6.66 Å². The predicted octanol–water partition coefficient (Wildman–Crippen LogP) is 5.82. The Bertz CT molecular complexity index is 1350. The van der Waals surface area contributed by atoms with Crippen molar-refractivity contribution in [1.29, 1.82) is 5.26 Å². The van der Waals surface area contributed by atoms with E-state index in [0.717, 1.165) is 22.0 Å². The molecule has 0 fully saturated rings. The number of hydrogen-bond donors (Lipinski definition) is 0. The van der Waals surface area contributed by atoms with Crippen LogP contribution in [0.25, 0.3) is 11.0 Å². The number of nitrogens with zero attached hydrogens (tertiary/aromatic N) is 1. The quantitative estimate of drug-likeness (QED) is 0.311. The summed E-state index contributed by atoms with van der Waals surface area (Å²) in [6, 6.07) is 40.2. The van der Waals surface area contributed by atoms with Crippen LogP contribution in [0.15, 0.2) is 114 Å². The van der Waals surface area contributed by atoms with Crippen molar-refractivity contribution < 1.29 is 4.42 Å². The summed E-state index contributed by atoms with van der Waals surface area (Å²) in [6.45, 7) is 1.29. The molecule has 0 saturated heterocycles. The van der Waals surface area contributed by atoms with E-state index in [4.69, 9.17) is 4.42 Å². The number of aryl methyl sites for hydroxylation is 1. The summed E-state index contributed by atoms with van der Waals surface area (Å²) in [4.78, 5) is 0. The zero-order valence-electron chi connectivity index (χ0n) is 18.6. The van der Waals surface area contributed by atoms with Crippen LogP contribution < -0.4 is 21.4 Å². The van der Waals surface area contributed by atoms with Gasteiger partial charge in [0, 0.05) is 0 Å². The molecule has 1 aromatic heterocycles. The Morgan fingerprint density at radius 2 is 1.15 bits per heavy atom. The molecule has 33 heavy (non-hydrogen) atoms. The maximum atomic E-state index is 9.47. The van der Waals surface area contributed by atoms with Crippen molar-refractivity contribution in [3.8, 4) is 6.07 Å². The topological polar surface area (TPSA) is 36.9 Å². The molecule has 1 heterocycles. The molecule has 5 aromatic rings. The molecule has 0 radical (unpaired) electrons. The molecular weight excluding hydrogens is 445 g/mol. The fourth-order valence-corrected chi connectivity index (χ4v) is 10.6. The Hall–Kier alpha value is -3.37. The van der Waals surface area contributed by atoms with Crippen molar-refractivity contribution in [2.75, 3.05) is 6.66 Å². The van der Waals surface area contributed by atoms with Crippen LogP contribution in [0.2, 0.25) is 0 Å². The Balaban J connectivity index is 0.00000259. The fourth-order valence-electron chi connectivity index (χ4n) is 5.01. The van der Waals surface area contributed by atoms with Gasteiger partial charge in [0.05, 0.1) is 0 Å². The number of benzene rings is 4. The molecular formula is C29H25ClNOP. The van der Waals surface area contributed by atoms with Gasteiger partial charge in [-0.05, 0) is 0 Å². The first-order valence-electron chi connectivity index (χ1n) is 10.7. The number of rotatable bonds is 4. The molecule has 0 aliphatic heterocycles. The Morgan fingerprint density at radius 1 is 0.697 bits per heavy atom. The standard InChI is InChI=1S/C29H24NOP.ClH/c1-22-27-20-23(21-30)18-19-28(27)31-29(22)32(2,24-12-6-3-7-13-24,25-14-8-4-9-15-25)26-16-10-5-11-17-26;/h3-20H,1-2H3;1H. The van der Waals surface area contributed by atoms with Gasteiger partial charge in [-0.1, -0.05) is 0 Å². The molecule has 5 rings (SSSR count). The monoisotopic (exact) mass is 469 g/mol. The summed E-state index contributed by atoms with van der Waals surface area (Å²) < 4.78 is 6.78. The zero-order valence-corrected chi connectivity index (χ0v) is 20.3. The normalized spacial score (nSPS) is 12.3. The van der Waals surface area contributed by atoms with Gasteiger partial charge in [-0.3, -0.25) is 0 Å². The van der Waals surface area contributed by atoms with E-state index < -0.39 is 6.60 Å². The van der Waals surface area contributed by atoms with Gasteiger partial charge in [-0.15, -0.1) is 12.4 Å². The van der Waals surface area contributed by atoms with E-state index in [1.165, 1.54) is 15.9 Å². The van der Waals surface area contributed by atoms with Crippen molar-refractivity contribution in [3.05, 3.63) is 120 Å². The molecule has 4 aromatic carbocycles. The second-order valence-corrected chi connectivity index (χ2v) is 13.5. The van der Waals surface area contributed by atoms with Crippen LogP contribution in [0.1, 0.15) is 11.1 Å². The van der Waals surface area contributed by atoms with Gasteiger partial charge in [0.2, 0.25) is 0 Å². The third-order valence-electron chi connectivity index (χ3n) is 6.75. The molecule has 0 spiro atoms. The molecule has 4 heteroatoms. The van der Waals surface area contributed by atoms with E-state index >= 15 is 0 Å². The van der Waals surface area contributed by atoms with Gasteiger partial charge in [0.1, 0.15) is 0 Å². The number of hydrogen-bond acceptors (Lipinski definition) is 2. The average molecular weight is 470 g/mol. The molecule has 164 valence electrons. The average Bonchev–Trinajstić information content (AvgIpc) is 3.21. The summed E-state index contributed by atoms with van der Waals surface area (Å²) >= 11 is 0. The van der Waals surface area contributed by atoms with E-state index in [1.807, 2.05) is 18.2 Å². The summed E-state index contributed by atoms with van der Waals surface area (Å²) in [5, 5.41) is 14.2. The molecule has 0 aliphatic carbocycles. The van der Waals surface area contributed by atoms with Crippen LogP contribution in [-0.2, 0) is 0 Å². The van der Waals surface area contributed by atoms with Gasteiger partial charge in [0.15, 0.2) is 0 Å². The summed E-state index contributed by atoms with van der Waals surface area (Å²) in [5.41, 5.74) is 3.54. The van der Waals surface area contributed by atoms with Crippen molar-refractivity contribution in [3.63, 3.8) is 0 Å². The van der Waals surface area contributed by atoms with Crippen molar-refractivity contribution in [2.24, 2.45) is 0 Å². The minimum absolute atomic E-state index is 0. The van der Waals surface area contributed by atoms with Gasteiger partial charge < -0.3 is 0 Å². The minimum atomic E-state index is -3.23. The van der Waals surface area contributed by atoms with E-state index in [9.17, 15) is 5.26 Å². The largest absolute Gasteiger partial charge is 0.147 e. The smallest absolute Gasteiger partial charge is 0.147 e. The molecule has 0 unspecified atom stereocenters. The number of halogens is 1. The van der Waals surface area contributed by atoms with Gasteiger partial charge in [0.25, 0.3) is 0 Å².